The quantitative estimate of drug-likeness (QED) is 0.625. The molecule has 18 heavy (non-hydrogen) atoms. The van der Waals surface area contributed by atoms with Crippen molar-refractivity contribution in [3.8, 4) is 0 Å². The van der Waals surface area contributed by atoms with Gasteiger partial charge in [-0.2, -0.15) is 0 Å². The van der Waals surface area contributed by atoms with Crippen LogP contribution in [0.5, 0.6) is 0 Å². The first-order valence-corrected chi connectivity index (χ1v) is 6.70. The smallest absolute Gasteiger partial charge is 0.307 e. The zero-order chi connectivity index (χ0) is 13.7. The second-order valence-electron chi connectivity index (χ2n) is 3.92. The minimum atomic E-state index is -1.35. The van der Waals surface area contributed by atoms with Crippen molar-refractivity contribution in [2.24, 2.45) is 5.92 Å². The van der Waals surface area contributed by atoms with Crippen LogP contribution in [0, 0.1) is 16.0 Å². The Morgan fingerprint density at radius 1 is 1.56 bits per heavy atom. The van der Waals surface area contributed by atoms with Gasteiger partial charge < -0.3 is 5.11 Å². The third-order valence-electron chi connectivity index (χ3n) is 2.31. The number of carboxylic acids is 1. The average Bonchev–Trinajstić information content (AvgIpc) is 2.28. The number of hydrogen-bond acceptors (Lipinski definition) is 4. The molecule has 0 bridgehead atoms. The Hall–Kier alpha value is -1.76. The minimum absolute atomic E-state index is 0.0397. The van der Waals surface area contributed by atoms with E-state index in [1.807, 2.05) is 0 Å². The highest BCUT2D eigenvalue weighted by atomic mass is 32.2. The van der Waals surface area contributed by atoms with Crippen molar-refractivity contribution in [3.05, 3.63) is 39.9 Å². The third kappa shape index (κ3) is 4.25. The molecule has 1 aromatic rings. The normalized spacial score (nSPS) is 13.8. The summed E-state index contributed by atoms with van der Waals surface area (Å²) in [5.41, 5.74) is 0.510. The Balaban J connectivity index is 2.67. The molecule has 0 amide bonds. The first kappa shape index (κ1) is 14.3. The maximum Gasteiger partial charge on any atom is 0.307 e. The molecule has 6 nitrogen and oxygen atoms in total. The van der Waals surface area contributed by atoms with Gasteiger partial charge in [-0.3, -0.25) is 19.1 Å². The maximum atomic E-state index is 11.7. The molecule has 0 saturated carbocycles. The molecule has 0 fully saturated rings. The van der Waals surface area contributed by atoms with Crippen molar-refractivity contribution in [1.82, 2.24) is 0 Å². The van der Waals surface area contributed by atoms with Crippen LogP contribution >= 0.6 is 0 Å². The van der Waals surface area contributed by atoms with E-state index in [1.54, 1.807) is 6.07 Å². The monoisotopic (exact) mass is 271 g/mol. The number of nitrogens with zero attached hydrogens (tertiary/aromatic N) is 1. The number of aliphatic carboxylic acids is 1. The fraction of sp³-hybridized carbons (Fsp3) is 0.364. The number of rotatable bonds is 6. The standard InChI is InChI=1S/C11H13NO5S/c1-8(11(13)14)6-18(17)7-9-3-2-4-10(5-9)12(15)16/h2-5,8H,6-7H2,1H3,(H,13,14). The first-order chi connectivity index (χ1) is 8.40. The molecule has 7 heteroatoms. The number of nitro groups is 1. The fourth-order valence-corrected chi connectivity index (χ4v) is 2.72. The first-order valence-electron chi connectivity index (χ1n) is 5.21. The summed E-state index contributed by atoms with van der Waals surface area (Å²) >= 11 is 0. The van der Waals surface area contributed by atoms with Crippen LogP contribution in [0.2, 0.25) is 0 Å². The van der Waals surface area contributed by atoms with Gasteiger partial charge in [0.25, 0.3) is 5.69 Å². The number of carboxylic acid groups (broad SMARTS) is 1. The Kier molecular flexibility index (Phi) is 4.96. The van der Waals surface area contributed by atoms with Gasteiger partial charge in [0.15, 0.2) is 0 Å². The van der Waals surface area contributed by atoms with Crippen LogP contribution in [-0.4, -0.2) is 26.0 Å². The molecule has 0 radical (unpaired) electrons. The summed E-state index contributed by atoms with van der Waals surface area (Å²) in [7, 11) is -1.35. The van der Waals surface area contributed by atoms with Crippen LogP contribution in [0.3, 0.4) is 0 Å². The molecule has 0 aromatic heterocycles. The third-order valence-corrected chi connectivity index (χ3v) is 3.83. The van der Waals surface area contributed by atoms with E-state index in [2.05, 4.69) is 0 Å². The Bertz CT molecular complexity index is 488. The summed E-state index contributed by atoms with van der Waals surface area (Å²) in [6, 6.07) is 5.86. The zero-order valence-corrected chi connectivity index (χ0v) is 10.6. The van der Waals surface area contributed by atoms with Gasteiger partial charge in [0.1, 0.15) is 0 Å². The number of carbonyl (C=O) groups is 1. The second kappa shape index (κ2) is 6.25. The van der Waals surface area contributed by atoms with Gasteiger partial charge in [0, 0.05) is 34.4 Å². The van der Waals surface area contributed by atoms with Crippen LogP contribution < -0.4 is 0 Å². The molecule has 1 aromatic carbocycles. The van der Waals surface area contributed by atoms with Crippen molar-refractivity contribution >= 4 is 22.5 Å². The Morgan fingerprint density at radius 3 is 2.78 bits per heavy atom. The van der Waals surface area contributed by atoms with Crippen molar-refractivity contribution in [3.63, 3.8) is 0 Å². The van der Waals surface area contributed by atoms with E-state index in [9.17, 15) is 19.1 Å². The molecule has 1 rings (SSSR count). The molecule has 0 heterocycles. The van der Waals surface area contributed by atoms with E-state index in [1.165, 1.54) is 25.1 Å². The molecular weight excluding hydrogens is 258 g/mol. The summed E-state index contributed by atoms with van der Waals surface area (Å²) in [6.45, 7) is 1.48. The predicted molar refractivity (Wildman–Crippen MR) is 66.6 cm³/mol. The molecule has 98 valence electrons. The lowest BCUT2D eigenvalue weighted by molar-refractivity contribution is -0.384. The highest BCUT2D eigenvalue weighted by Crippen LogP contribution is 2.15. The van der Waals surface area contributed by atoms with E-state index in [0.29, 0.717) is 5.56 Å². The molecule has 2 unspecified atom stereocenters. The van der Waals surface area contributed by atoms with Gasteiger partial charge in [0.05, 0.1) is 10.8 Å². The van der Waals surface area contributed by atoms with Crippen LogP contribution in [0.1, 0.15) is 12.5 Å². The molecule has 2 atom stereocenters. The largest absolute Gasteiger partial charge is 0.481 e. The minimum Gasteiger partial charge on any atom is -0.481 e. The summed E-state index contributed by atoms with van der Waals surface area (Å²) in [5.74, 6) is -1.52. The Labute approximate surface area is 106 Å². The topological polar surface area (TPSA) is 97.5 Å². The van der Waals surface area contributed by atoms with Crippen LogP contribution in [0.25, 0.3) is 0 Å². The predicted octanol–water partition coefficient (Wildman–Crippen LogP) is 1.56. The van der Waals surface area contributed by atoms with Crippen molar-refractivity contribution in [2.45, 2.75) is 12.7 Å². The van der Waals surface area contributed by atoms with Crippen molar-refractivity contribution in [1.29, 1.82) is 0 Å². The number of non-ortho nitro benzene ring substituents is 1. The lowest BCUT2D eigenvalue weighted by Crippen LogP contribution is -2.18. The van der Waals surface area contributed by atoms with Gasteiger partial charge in [-0.15, -0.1) is 0 Å². The molecule has 0 spiro atoms. The number of hydrogen-bond donors (Lipinski definition) is 1. The van der Waals surface area contributed by atoms with Crippen LogP contribution in [-0.2, 0) is 21.3 Å². The van der Waals surface area contributed by atoms with Crippen LogP contribution in [0.15, 0.2) is 24.3 Å². The summed E-state index contributed by atoms with van der Waals surface area (Å²) in [6.07, 6.45) is 0. The lowest BCUT2D eigenvalue weighted by atomic mass is 10.2. The van der Waals surface area contributed by atoms with Gasteiger partial charge in [-0.05, 0) is 5.56 Å². The summed E-state index contributed by atoms with van der Waals surface area (Å²) < 4.78 is 11.7. The molecule has 0 aliphatic carbocycles. The maximum absolute atomic E-state index is 11.7. The van der Waals surface area contributed by atoms with Gasteiger partial charge >= 0.3 is 5.97 Å². The van der Waals surface area contributed by atoms with Crippen LogP contribution in [0.4, 0.5) is 5.69 Å². The highest BCUT2D eigenvalue weighted by molar-refractivity contribution is 7.84. The molecule has 1 N–H and O–H groups in total. The number of nitro benzene ring substituents is 1. The van der Waals surface area contributed by atoms with Crippen molar-refractivity contribution in [2.75, 3.05) is 5.75 Å². The van der Waals surface area contributed by atoms with Gasteiger partial charge in [-0.25, -0.2) is 0 Å². The van der Waals surface area contributed by atoms with E-state index in [0.717, 1.165) is 0 Å². The SMILES string of the molecule is CC(CS(=O)Cc1cccc([N+](=O)[O-])c1)C(=O)O. The van der Waals surface area contributed by atoms with E-state index < -0.39 is 27.6 Å². The van der Waals surface area contributed by atoms with Crippen molar-refractivity contribution < 1.29 is 19.0 Å². The lowest BCUT2D eigenvalue weighted by Gasteiger charge is -2.06. The highest BCUT2D eigenvalue weighted by Gasteiger charge is 2.15. The molecular formula is C11H13NO5S. The average molecular weight is 271 g/mol. The van der Waals surface area contributed by atoms with E-state index in [-0.39, 0.29) is 17.2 Å². The van der Waals surface area contributed by atoms with Gasteiger partial charge in [-0.1, -0.05) is 19.1 Å². The summed E-state index contributed by atoms with van der Waals surface area (Å²) in [4.78, 5) is 20.6. The van der Waals surface area contributed by atoms with E-state index in [4.69, 9.17) is 5.11 Å². The molecule has 0 aliphatic heterocycles. The molecule has 0 aliphatic rings. The Morgan fingerprint density at radius 2 is 2.22 bits per heavy atom. The number of benzene rings is 1. The van der Waals surface area contributed by atoms with E-state index >= 15 is 0 Å². The summed E-state index contributed by atoms with van der Waals surface area (Å²) in [5, 5.41) is 19.2. The molecule has 0 saturated heterocycles. The second-order valence-corrected chi connectivity index (χ2v) is 5.42. The van der Waals surface area contributed by atoms with Gasteiger partial charge in [0.2, 0.25) is 0 Å². The fourth-order valence-electron chi connectivity index (χ4n) is 1.35. The zero-order valence-electron chi connectivity index (χ0n) is 9.74.